The van der Waals surface area contributed by atoms with E-state index in [0.717, 1.165) is 35.0 Å². The SMILES string of the molecule is CCC(NCc1ccc(OC)cc1N)c1nccs1. The zero-order valence-electron chi connectivity index (χ0n) is 11.2. The van der Waals surface area contributed by atoms with Crippen LogP contribution in [0.4, 0.5) is 5.69 Å². The fraction of sp³-hybridized carbons (Fsp3) is 0.357. The highest BCUT2D eigenvalue weighted by atomic mass is 32.1. The van der Waals surface area contributed by atoms with Crippen molar-refractivity contribution in [2.24, 2.45) is 0 Å². The number of ether oxygens (including phenoxy) is 1. The van der Waals surface area contributed by atoms with E-state index in [1.807, 2.05) is 29.8 Å². The maximum atomic E-state index is 6.01. The number of hydrogen-bond donors (Lipinski definition) is 2. The summed E-state index contributed by atoms with van der Waals surface area (Å²) in [5.41, 5.74) is 7.84. The van der Waals surface area contributed by atoms with Crippen LogP contribution < -0.4 is 15.8 Å². The minimum Gasteiger partial charge on any atom is -0.497 e. The Morgan fingerprint density at radius 1 is 1.47 bits per heavy atom. The largest absolute Gasteiger partial charge is 0.497 e. The van der Waals surface area contributed by atoms with Gasteiger partial charge in [-0.3, -0.25) is 0 Å². The van der Waals surface area contributed by atoms with Crippen LogP contribution in [0.2, 0.25) is 0 Å². The van der Waals surface area contributed by atoms with Gasteiger partial charge in [-0.1, -0.05) is 13.0 Å². The van der Waals surface area contributed by atoms with Gasteiger partial charge in [-0.2, -0.15) is 0 Å². The van der Waals surface area contributed by atoms with Crippen LogP contribution in [0.25, 0.3) is 0 Å². The molecule has 0 fully saturated rings. The van der Waals surface area contributed by atoms with Gasteiger partial charge in [0.2, 0.25) is 0 Å². The summed E-state index contributed by atoms with van der Waals surface area (Å²) in [7, 11) is 1.64. The van der Waals surface area contributed by atoms with Gasteiger partial charge in [-0.05, 0) is 18.1 Å². The van der Waals surface area contributed by atoms with Gasteiger partial charge in [0, 0.05) is 29.9 Å². The molecule has 0 bridgehead atoms. The van der Waals surface area contributed by atoms with Crippen molar-refractivity contribution < 1.29 is 4.74 Å². The zero-order valence-corrected chi connectivity index (χ0v) is 12.0. The summed E-state index contributed by atoms with van der Waals surface area (Å²) in [4.78, 5) is 4.35. The van der Waals surface area contributed by atoms with Gasteiger partial charge in [-0.25, -0.2) is 4.98 Å². The second kappa shape index (κ2) is 6.54. The van der Waals surface area contributed by atoms with E-state index < -0.39 is 0 Å². The maximum Gasteiger partial charge on any atom is 0.120 e. The molecule has 0 spiro atoms. The van der Waals surface area contributed by atoms with Crippen molar-refractivity contribution in [1.82, 2.24) is 10.3 Å². The quantitative estimate of drug-likeness (QED) is 0.797. The molecule has 0 radical (unpaired) electrons. The zero-order chi connectivity index (χ0) is 13.7. The number of thiazole rings is 1. The van der Waals surface area contributed by atoms with Crippen molar-refractivity contribution in [3.05, 3.63) is 40.3 Å². The van der Waals surface area contributed by atoms with Gasteiger partial charge in [-0.15, -0.1) is 11.3 Å². The van der Waals surface area contributed by atoms with Crippen molar-refractivity contribution in [3.63, 3.8) is 0 Å². The lowest BCUT2D eigenvalue weighted by Gasteiger charge is -2.15. The third kappa shape index (κ3) is 3.45. The van der Waals surface area contributed by atoms with E-state index in [1.165, 1.54) is 0 Å². The minimum absolute atomic E-state index is 0.279. The lowest BCUT2D eigenvalue weighted by molar-refractivity contribution is 0.414. The van der Waals surface area contributed by atoms with Crippen LogP contribution in [0.1, 0.15) is 30.0 Å². The number of nitrogens with two attached hydrogens (primary N) is 1. The van der Waals surface area contributed by atoms with Gasteiger partial charge < -0.3 is 15.8 Å². The Balaban J connectivity index is 2.01. The summed E-state index contributed by atoms with van der Waals surface area (Å²) in [5.74, 6) is 0.785. The number of hydrogen-bond acceptors (Lipinski definition) is 5. The fourth-order valence-electron chi connectivity index (χ4n) is 1.91. The lowest BCUT2D eigenvalue weighted by Crippen LogP contribution is -2.20. The molecule has 3 N–H and O–H groups in total. The highest BCUT2D eigenvalue weighted by molar-refractivity contribution is 7.09. The molecule has 19 heavy (non-hydrogen) atoms. The maximum absolute atomic E-state index is 6.01. The van der Waals surface area contributed by atoms with Gasteiger partial charge in [0.05, 0.1) is 13.2 Å². The Bertz CT molecular complexity index is 513. The van der Waals surface area contributed by atoms with Crippen LogP contribution in [0.15, 0.2) is 29.8 Å². The monoisotopic (exact) mass is 277 g/mol. The number of anilines is 1. The molecule has 0 aliphatic carbocycles. The van der Waals surface area contributed by atoms with Crippen LogP contribution >= 0.6 is 11.3 Å². The predicted molar refractivity (Wildman–Crippen MR) is 79.4 cm³/mol. The first-order chi connectivity index (χ1) is 9.24. The van der Waals surface area contributed by atoms with E-state index in [4.69, 9.17) is 10.5 Å². The van der Waals surface area contributed by atoms with Gasteiger partial charge in [0.15, 0.2) is 0 Å². The third-order valence-corrected chi connectivity index (χ3v) is 3.94. The minimum atomic E-state index is 0.279. The van der Waals surface area contributed by atoms with E-state index in [-0.39, 0.29) is 6.04 Å². The van der Waals surface area contributed by atoms with Crippen molar-refractivity contribution in [1.29, 1.82) is 0 Å². The normalized spacial score (nSPS) is 12.3. The number of benzene rings is 1. The summed E-state index contributed by atoms with van der Waals surface area (Å²) in [5, 5.41) is 6.61. The van der Waals surface area contributed by atoms with E-state index in [1.54, 1.807) is 18.4 Å². The molecule has 1 heterocycles. The van der Waals surface area contributed by atoms with Crippen LogP contribution in [0.5, 0.6) is 5.75 Å². The van der Waals surface area contributed by atoms with Crippen molar-refractivity contribution in [2.75, 3.05) is 12.8 Å². The number of nitrogen functional groups attached to an aromatic ring is 1. The number of rotatable bonds is 6. The number of aromatic nitrogens is 1. The number of nitrogens with zero attached hydrogens (tertiary/aromatic N) is 1. The van der Waals surface area contributed by atoms with E-state index in [2.05, 4.69) is 17.2 Å². The van der Waals surface area contributed by atoms with Crippen molar-refractivity contribution >= 4 is 17.0 Å². The molecule has 2 aromatic rings. The average molecular weight is 277 g/mol. The summed E-state index contributed by atoms with van der Waals surface area (Å²) in [6.45, 7) is 2.88. The van der Waals surface area contributed by atoms with Crippen molar-refractivity contribution in [2.45, 2.75) is 25.9 Å². The van der Waals surface area contributed by atoms with Gasteiger partial charge in [0.25, 0.3) is 0 Å². The first kappa shape index (κ1) is 13.8. The molecule has 0 aliphatic heterocycles. The predicted octanol–water partition coefficient (Wildman–Crippen LogP) is 2.97. The van der Waals surface area contributed by atoms with Crippen LogP contribution in [0.3, 0.4) is 0 Å². The first-order valence-corrected chi connectivity index (χ1v) is 7.17. The standard InChI is InChI=1S/C14H19N3OS/c1-3-13(14-16-6-7-19-14)17-9-10-4-5-11(18-2)8-12(10)15/h4-8,13,17H,3,9,15H2,1-2H3. The fourth-order valence-corrected chi connectivity index (χ4v) is 2.70. The Kier molecular flexibility index (Phi) is 4.76. The van der Waals surface area contributed by atoms with Gasteiger partial charge >= 0.3 is 0 Å². The molecule has 0 saturated heterocycles. The molecule has 1 unspecified atom stereocenters. The van der Waals surface area contributed by atoms with E-state index in [0.29, 0.717) is 0 Å². The molecule has 1 aromatic carbocycles. The molecular weight excluding hydrogens is 258 g/mol. The number of nitrogens with one attached hydrogen (secondary N) is 1. The number of methoxy groups -OCH3 is 1. The van der Waals surface area contributed by atoms with Crippen LogP contribution in [-0.4, -0.2) is 12.1 Å². The summed E-state index contributed by atoms with van der Waals surface area (Å²) < 4.78 is 5.15. The Morgan fingerprint density at radius 2 is 2.32 bits per heavy atom. The molecule has 0 amide bonds. The summed E-state index contributed by atoms with van der Waals surface area (Å²) in [6.07, 6.45) is 2.84. The van der Waals surface area contributed by atoms with Crippen LogP contribution in [0, 0.1) is 0 Å². The van der Waals surface area contributed by atoms with Crippen LogP contribution in [-0.2, 0) is 6.54 Å². The molecule has 102 valence electrons. The molecule has 0 aliphatic rings. The third-order valence-electron chi connectivity index (χ3n) is 3.05. The Labute approximate surface area is 117 Å². The molecule has 5 heteroatoms. The lowest BCUT2D eigenvalue weighted by atomic mass is 10.1. The molecule has 0 saturated carbocycles. The summed E-state index contributed by atoms with van der Waals surface area (Å²) >= 11 is 1.68. The molecule has 4 nitrogen and oxygen atoms in total. The average Bonchev–Trinajstić information content (AvgIpc) is 2.95. The second-order valence-electron chi connectivity index (χ2n) is 4.28. The molecule has 2 rings (SSSR count). The van der Waals surface area contributed by atoms with E-state index >= 15 is 0 Å². The van der Waals surface area contributed by atoms with E-state index in [9.17, 15) is 0 Å². The first-order valence-electron chi connectivity index (χ1n) is 6.29. The molecule has 1 aromatic heterocycles. The van der Waals surface area contributed by atoms with Gasteiger partial charge in [0.1, 0.15) is 10.8 Å². The molecule has 1 atom stereocenters. The Hall–Kier alpha value is -1.59. The smallest absolute Gasteiger partial charge is 0.120 e. The van der Waals surface area contributed by atoms with Crippen molar-refractivity contribution in [3.8, 4) is 5.75 Å². The summed E-state index contributed by atoms with van der Waals surface area (Å²) in [6, 6.07) is 6.05. The molecular formula is C14H19N3OS. The second-order valence-corrected chi connectivity index (χ2v) is 5.20. The highest BCUT2D eigenvalue weighted by Gasteiger charge is 2.11. The highest BCUT2D eigenvalue weighted by Crippen LogP contribution is 2.22. The topological polar surface area (TPSA) is 60.2 Å². The Morgan fingerprint density at radius 3 is 2.89 bits per heavy atom.